The van der Waals surface area contributed by atoms with E-state index in [1.807, 2.05) is 50.5 Å². The minimum absolute atomic E-state index is 0.00699. The van der Waals surface area contributed by atoms with Gasteiger partial charge in [0.2, 0.25) is 0 Å². The van der Waals surface area contributed by atoms with E-state index in [0.717, 1.165) is 59.7 Å². The summed E-state index contributed by atoms with van der Waals surface area (Å²) >= 11 is 3.61. The van der Waals surface area contributed by atoms with Crippen LogP contribution in [-0.2, 0) is 17.4 Å². The molecule has 2 atom stereocenters. The van der Waals surface area contributed by atoms with Gasteiger partial charge >= 0.3 is 0 Å². The molecule has 0 amide bonds. The fraction of sp³-hybridized carbons (Fsp3) is 0.520. The van der Waals surface area contributed by atoms with Crippen LogP contribution in [0.3, 0.4) is 0 Å². The highest BCUT2D eigenvalue weighted by atomic mass is 79.9. The molecule has 1 spiro atoms. The number of halogens is 1. The Balaban J connectivity index is 1.46. The molecule has 0 radical (unpaired) electrons. The minimum atomic E-state index is -1.17. The van der Waals surface area contributed by atoms with E-state index in [0.29, 0.717) is 0 Å². The molecule has 1 N–H and O–H groups in total. The van der Waals surface area contributed by atoms with E-state index in [9.17, 15) is 4.21 Å². The number of ether oxygens (including phenoxy) is 1. The standard InChI is InChI=1S/C25H32BrN5O2S/c1-16-22(26)31-20(8-11-27-31)23(28-16)30-12-9-25(10-13-30)15-17-6-7-18(33-5)14-19(17)21(25)29-34(32)24(2,3)4/h6-8,11,14,21,29H,9-10,12-13,15H2,1-5H3/t21-,34?/m1/s1. The number of rotatable bonds is 4. The summed E-state index contributed by atoms with van der Waals surface area (Å²) in [7, 11) is 0.532. The summed E-state index contributed by atoms with van der Waals surface area (Å²) in [5.74, 6) is 1.83. The Labute approximate surface area is 212 Å². The highest BCUT2D eigenvalue weighted by Crippen LogP contribution is 2.53. The first-order valence-corrected chi connectivity index (χ1v) is 13.7. The van der Waals surface area contributed by atoms with Crippen LogP contribution in [-0.4, -0.2) is 43.8 Å². The smallest absolute Gasteiger partial charge is 0.155 e. The van der Waals surface area contributed by atoms with E-state index in [2.05, 4.69) is 42.8 Å². The summed E-state index contributed by atoms with van der Waals surface area (Å²) in [5.41, 5.74) is 4.49. The predicted octanol–water partition coefficient (Wildman–Crippen LogP) is 4.74. The maximum Gasteiger partial charge on any atom is 0.155 e. The average Bonchev–Trinajstić information content (AvgIpc) is 3.40. The van der Waals surface area contributed by atoms with Crippen LogP contribution < -0.4 is 14.4 Å². The van der Waals surface area contributed by atoms with E-state index < -0.39 is 11.0 Å². The van der Waals surface area contributed by atoms with E-state index in [1.54, 1.807) is 7.11 Å². The minimum Gasteiger partial charge on any atom is -0.497 e. The summed E-state index contributed by atoms with van der Waals surface area (Å²) in [4.78, 5) is 7.29. The Kier molecular flexibility index (Phi) is 6.01. The van der Waals surface area contributed by atoms with Crippen LogP contribution in [0.4, 0.5) is 5.82 Å². The van der Waals surface area contributed by atoms with Crippen molar-refractivity contribution in [3.05, 3.63) is 51.9 Å². The van der Waals surface area contributed by atoms with Gasteiger partial charge in [-0.1, -0.05) is 6.07 Å². The SMILES string of the molecule is COc1ccc2c(c1)[C@@H](NS(=O)C(C)(C)C)C1(CCN(c3nc(C)c(Br)n4nccc34)CC1)C2. The van der Waals surface area contributed by atoms with Gasteiger partial charge in [0, 0.05) is 13.1 Å². The molecule has 34 heavy (non-hydrogen) atoms. The van der Waals surface area contributed by atoms with Crippen molar-refractivity contribution >= 4 is 38.3 Å². The molecule has 1 fully saturated rings. The molecule has 3 heterocycles. The van der Waals surface area contributed by atoms with Crippen LogP contribution in [0.15, 0.2) is 35.1 Å². The molecule has 7 nitrogen and oxygen atoms in total. The lowest BCUT2D eigenvalue weighted by molar-refractivity contribution is 0.177. The number of fused-ring (bicyclic) bond motifs is 2. The first-order chi connectivity index (χ1) is 16.1. The summed E-state index contributed by atoms with van der Waals surface area (Å²) in [6.45, 7) is 9.84. The normalized spacial score (nSPS) is 20.6. The average molecular weight is 547 g/mol. The maximum absolute atomic E-state index is 13.2. The maximum atomic E-state index is 13.2. The number of nitrogens with one attached hydrogen (secondary N) is 1. The predicted molar refractivity (Wildman–Crippen MR) is 140 cm³/mol. The van der Waals surface area contributed by atoms with Crippen molar-refractivity contribution in [2.45, 2.75) is 57.7 Å². The van der Waals surface area contributed by atoms with Crippen LogP contribution in [0, 0.1) is 12.3 Å². The molecule has 0 bridgehead atoms. The number of hydrogen-bond acceptors (Lipinski definition) is 5. The van der Waals surface area contributed by atoms with Crippen molar-refractivity contribution in [2.75, 3.05) is 25.1 Å². The largest absolute Gasteiger partial charge is 0.497 e. The van der Waals surface area contributed by atoms with Crippen LogP contribution in [0.5, 0.6) is 5.75 Å². The molecule has 5 rings (SSSR count). The lowest BCUT2D eigenvalue weighted by atomic mass is 9.73. The third-order valence-corrected chi connectivity index (χ3v) is 9.76. The second-order valence-corrected chi connectivity index (χ2v) is 13.2. The quantitative estimate of drug-likeness (QED) is 0.512. The summed E-state index contributed by atoms with van der Waals surface area (Å²) in [6.07, 6.45) is 4.77. The third-order valence-electron chi connectivity index (χ3n) is 7.29. The van der Waals surface area contributed by atoms with Crippen molar-refractivity contribution in [1.29, 1.82) is 0 Å². The Morgan fingerprint density at radius 2 is 1.97 bits per heavy atom. The molecule has 1 aromatic carbocycles. The topological polar surface area (TPSA) is 71.8 Å². The first kappa shape index (κ1) is 23.8. The number of anilines is 1. The molecule has 1 saturated heterocycles. The number of benzene rings is 1. The molecule has 182 valence electrons. The lowest BCUT2D eigenvalue weighted by Gasteiger charge is -2.44. The number of methoxy groups -OCH3 is 1. The van der Waals surface area contributed by atoms with E-state index >= 15 is 0 Å². The Hall–Kier alpha value is -1.97. The van der Waals surface area contributed by atoms with Crippen LogP contribution in [0.2, 0.25) is 0 Å². The van der Waals surface area contributed by atoms with Crippen LogP contribution in [0.1, 0.15) is 56.5 Å². The number of aryl methyl sites for hydroxylation is 1. The molecule has 2 aromatic heterocycles. The molecule has 1 aliphatic heterocycles. The van der Waals surface area contributed by atoms with Gasteiger partial charge in [-0.3, -0.25) is 0 Å². The van der Waals surface area contributed by atoms with Gasteiger partial charge in [0.05, 0.1) is 40.8 Å². The van der Waals surface area contributed by atoms with Crippen molar-refractivity contribution in [3.63, 3.8) is 0 Å². The van der Waals surface area contributed by atoms with Crippen LogP contribution in [0.25, 0.3) is 5.52 Å². The third kappa shape index (κ3) is 3.95. The Morgan fingerprint density at radius 1 is 1.24 bits per heavy atom. The zero-order chi connectivity index (χ0) is 24.3. The molecular weight excluding hydrogens is 514 g/mol. The number of hydrogen-bond donors (Lipinski definition) is 1. The molecule has 0 saturated carbocycles. The van der Waals surface area contributed by atoms with Gasteiger partial charge in [0.25, 0.3) is 0 Å². The highest BCUT2D eigenvalue weighted by molar-refractivity contribution is 9.10. The van der Waals surface area contributed by atoms with Gasteiger partial charge < -0.3 is 9.64 Å². The molecule has 9 heteroatoms. The number of piperidine rings is 1. The van der Waals surface area contributed by atoms with Gasteiger partial charge in [-0.2, -0.15) is 5.10 Å². The molecule has 1 unspecified atom stereocenters. The van der Waals surface area contributed by atoms with Gasteiger partial charge in [0.1, 0.15) is 15.9 Å². The van der Waals surface area contributed by atoms with Gasteiger partial charge in [-0.15, -0.1) is 0 Å². The first-order valence-electron chi connectivity index (χ1n) is 11.7. The van der Waals surface area contributed by atoms with E-state index in [1.165, 1.54) is 11.1 Å². The van der Waals surface area contributed by atoms with Crippen molar-refractivity contribution < 1.29 is 8.95 Å². The monoisotopic (exact) mass is 545 g/mol. The molecule has 3 aromatic rings. The van der Waals surface area contributed by atoms with Gasteiger partial charge in [-0.05, 0) is 97.6 Å². The van der Waals surface area contributed by atoms with E-state index in [-0.39, 0.29) is 16.2 Å². The summed E-state index contributed by atoms with van der Waals surface area (Å²) in [6, 6.07) is 8.39. The van der Waals surface area contributed by atoms with Crippen molar-refractivity contribution in [2.24, 2.45) is 5.41 Å². The second-order valence-electron chi connectivity index (χ2n) is 10.5. The molecule has 2 aliphatic rings. The van der Waals surface area contributed by atoms with Gasteiger partial charge in [-0.25, -0.2) is 18.4 Å². The summed E-state index contributed by atoms with van der Waals surface area (Å²) < 4.78 is 24.8. The second kappa shape index (κ2) is 8.60. The fourth-order valence-electron chi connectivity index (χ4n) is 5.32. The fourth-order valence-corrected chi connectivity index (χ4v) is 6.64. The molecule has 1 aliphatic carbocycles. The Bertz CT molecular complexity index is 1260. The number of aromatic nitrogens is 3. The number of nitrogens with zero attached hydrogens (tertiary/aromatic N) is 4. The van der Waals surface area contributed by atoms with Gasteiger partial charge in [0.15, 0.2) is 5.82 Å². The zero-order valence-corrected chi connectivity index (χ0v) is 22.8. The lowest BCUT2D eigenvalue weighted by Crippen LogP contribution is -2.48. The zero-order valence-electron chi connectivity index (χ0n) is 20.4. The molecular formula is C25H32BrN5O2S. The highest BCUT2D eigenvalue weighted by Gasteiger charge is 2.49. The summed E-state index contributed by atoms with van der Waals surface area (Å²) in [5, 5.41) is 4.46. The van der Waals surface area contributed by atoms with E-state index in [4.69, 9.17) is 9.72 Å². The van der Waals surface area contributed by atoms with Crippen molar-refractivity contribution in [1.82, 2.24) is 19.3 Å². The van der Waals surface area contributed by atoms with Crippen LogP contribution >= 0.6 is 15.9 Å². The van der Waals surface area contributed by atoms with Crippen molar-refractivity contribution in [3.8, 4) is 5.75 Å². The Morgan fingerprint density at radius 3 is 2.65 bits per heavy atom.